The minimum Gasteiger partial charge on any atom is -0.349 e. The average molecular weight is 277 g/mol. The van der Waals surface area contributed by atoms with Crippen molar-refractivity contribution in [2.45, 2.75) is 30.8 Å². The summed E-state index contributed by atoms with van der Waals surface area (Å²) in [7, 11) is 0. The van der Waals surface area contributed by atoms with Crippen LogP contribution >= 0.6 is 11.6 Å². The smallest absolute Gasteiger partial charge is 0.241 e. The maximum absolute atomic E-state index is 12.1. The quantitative estimate of drug-likeness (QED) is 0.827. The highest BCUT2D eigenvalue weighted by Gasteiger charge is 2.44. The van der Waals surface area contributed by atoms with E-state index in [1.165, 1.54) is 5.56 Å². The lowest BCUT2D eigenvalue weighted by atomic mass is 10.0. The molecule has 0 bridgehead atoms. The minimum atomic E-state index is -0.164. The highest BCUT2D eigenvalue weighted by molar-refractivity contribution is 6.30. The summed E-state index contributed by atoms with van der Waals surface area (Å²) in [6, 6.07) is 7.69. The van der Waals surface area contributed by atoms with Gasteiger partial charge in [0.25, 0.3) is 0 Å². The van der Waals surface area contributed by atoms with Crippen LogP contribution in [0.25, 0.3) is 0 Å². The zero-order valence-corrected chi connectivity index (χ0v) is 11.4. The molecule has 19 heavy (non-hydrogen) atoms. The van der Waals surface area contributed by atoms with Crippen LogP contribution in [0.3, 0.4) is 0 Å². The average Bonchev–Trinajstić information content (AvgIpc) is 2.94. The molecule has 1 amide bonds. The van der Waals surface area contributed by atoms with Crippen molar-refractivity contribution in [1.29, 1.82) is 0 Å². The Morgan fingerprint density at radius 2 is 2.11 bits per heavy atom. The van der Waals surface area contributed by atoms with E-state index in [9.17, 15) is 4.79 Å². The Labute approximate surface area is 118 Å². The molecule has 2 aliphatic rings. The monoisotopic (exact) mass is 276 g/mol. The molecule has 1 unspecified atom stereocenters. The molecule has 1 fully saturated rings. The number of hydrogen-bond donors (Lipinski definition) is 2. The maximum Gasteiger partial charge on any atom is 0.241 e. The number of halogens is 1. The summed E-state index contributed by atoms with van der Waals surface area (Å²) in [6.07, 6.45) is 6.90. The fraction of sp³-hybridized carbons (Fsp3) is 0.400. The summed E-state index contributed by atoms with van der Waals surface area (Å²) < 4.78 is 0. The lowest BCUT2D eigenvalue weighted by Crippen LogP contribution is -2.47. The van der Waals surface area contributed by atoms with Gasteiger partial charge in [0.05, 0.1) is 0 Å². The summed E-state index contributed by atoms with van der Waals surface area (Å²) in [5, 5.41) is 7.07. The first-order valence-corrected chi connectivity index (χ1v) is 7.01. The predicted molar refractivity (Wildman–Crippen MR) is 76.2 cm³/mol. The van der Waals surface area contributed by atoms with Crippen LogP contribution in [0.15, 0.2) is 36.4 Å². The van der Waals surface area contributed by atoms with E-state index in [0.29, 0.717) is 0 Å². The van der Waals surface area contributed by atoms with Crippen LogP contribution < -0.4 is 10.6 Å². The van der Waals surface area contributed by atoms with Gasteiger partial charge in [0, 0.05) is 17.1 Å². The topological polar surface area (TPSA) is 41.1 Å². The van der Waals surface area contributed by atoms with E-state index in [0.717, 1.165) is 30.8 Å². The highest BCUT2D eigenvalue weighted by Crippen LogP contribution is 2.38. The number of rotatable bonds is 4. The molecule has 3 nitrogen and oxygen atoms in total. The Balaban J connectivity index is 1.62. The molecule has 2 N–H and O–H groups in total. The third-order valence-electron chi connectivity index (χ3n) is 3.76. The van der Waals surface area contributed by atoms with E-state index < -0.39 is 0 Å². The zero-order valence-electron chi connectivity index (χ0n) is 10.7. The molecule has 0 saturated heterocycles. The van der Waals surface area contributed by atoms with Gasteiger partial charge in [-0.25, -0.2) is 0 Å². The van der Waals surface area contributed by atoms with Gasteiger partial charge in [-0.2, -0.15) is 0 Å². The van der Waals surface area contributed by atoms with E-state index in [2.05, 4.69) is 10.6 Å². The third kappa shape index (κ3) is 2.99. The summed E-state index contributed by atoms with van der Waals surface area (Å²) in [6.45, 7) is 0.780. The third-order valence-corrected chi connectivity index (χ3v) is 4.02. The Morgan fingerprint density at radius 1 is 1.37 bits per heavy atom. The summed E-state index contributed by atoms with van der Waals surface area (Å²) in [5.74, 6) is 0.0835. The van der Waals surface area contributed by atoms with Crippen molar-refractivity contribution in [3.05, 3.63) is 47.0 Å². The molecule has 0 spiro atoms. The first-order valence-electron chi connectivity index (χ1n) is 6.63. The van der Waals surface area contributed by atoms with E-state index in [4.69, 9.17) is 11.6 Å². The molecule has 1 aliphatic carbocycles. The van der Waals surface area contributed by atoms with Crippen LogP contribution in [0.5, 0.6) is 0 Å². The lowest BCUT2D eigenvalue weighted by molar-refractivity contribution is -0.122. The Morgan fingerprint density at radius 3 is 2.68 bits per heavy atom. The Bertz CT molecular complexity index is 505. The molecule has 1 aliphatic heterocycles. The molecule has 100 valence electrons. The Hall–Kier alpha value is -1.32. The molecule has 1 aromatic carbocycles. The van der Waals surface area contributed by atoms with E-state index in [1.807, 2.05) is 36.4 Å². The fourth-order valence-electron chi connectivity index (χ4n) is 2.48. The highest BCUT2D eigenvalue weighted by atomic mass is 35.5. The second kappa shape index (κ2) is 4.99. The van der Waals surface area contributed by atoms with Crippen LogP contribution in [-0.4, -0.2) is 24.0 Å². The van der Waals surface area contributed by atoms with Gasteiger partial charge in [-0.3, -0.25) is 10.1 Å². The van der Waals surface area contributed by atoms with E-state index >= 15 is 0 Å². The van der Waals surface area contributed by atoms with Crippen LogP contribution in [0.1, 0.15) is 18.4 Å². The van der Waals surface area contributed by atoms with Crippen LogP contribution in [0.2, 0.25) is 5.02 Å². The predicted octanol–water partition coefficient (Wildman–Crippen LogP) is 2.06. The van der Waals surface area contributed by atoms with Crippen molar-refractivity contribution in [3.8, 4) is 0 Å². The number of carbonyl (C=O) groups excluding carboxylic acids is 1. The maximum atomic E-state index is 12.1. The molecule has 1 saturated carbocycles. The second-order valence-electron chi connectivity index (χ2n) is 5.39. The second-order valence-corrected chi connectivity index (χ2v) is 5.82. The number of hydrogen-bond acceptors (Lipinski definition) is 2. The van der Waals surface area contributed by atoms with Gasteiger partial charge in [0.1, 0.15) is 6.04 Å². The van der Waals surface area contributed by atoms with Crippen molar-refractivity contribution < 1.29 is 4.79 Å². The van der Waals surface area contributed by atoms with Gasteiger partial charge >= 0.3 is 0 Å². The molecule has 1 atom stereocenters. The van der Waals surface area contributed by atoms with Crippen molar-refractivity contribution in [3.63, 3.8) is 0 Å². The molecular weight excluding hydrogens is 260 g/mol. The molecule has 3 rings (SSSR count). The molecule has 0 radical (unpaired) electrons. The van der Waals surface area contributed by atoms with Gasteiger partial charge in [-0.15, -0.1) is 0 Å². The molecule has 4 heteroatoms. The van der Waals surface area contributed by atoms with E-state index in [1.54, 1.807) is 0 Å². The van der Waals surface area contributed by atoms with Crippen molar-refractivity contribution in [1.82, 2.24) is 10.6 Å². The first-order chi connectivity index (χ1) is 9.17. The number of benzene rings is 1. The van der Waals surface area contributed by atoms with Gasteiger partial charge in [-0.1, -0.05) is 35.9 Å². The van der Waals surface area contributed by atoms with E-state index in [-0.39, 0.29) is 17.5 Å². The van der Waals surface area contributed by atoms with Gasteiger partial charge in [0.2, 0.25) is 5.91 Å². The number of amides is 1. The molecule has 0 aromatic heterocycles. The van der Waals surface area contributed by atoms with Crippen molar-refractivity contribution in [2.24, 2.45) is 0 Å². The van der Waals surface area contributed by atoms with Crippen molar-refractivity contribution in [2.75, 3.05) is 6.54 Å². The minimum absolute atomic E-state index is 0.0387. The number of carbonyl (C=O) groups is 1. The standard InChI is InChI=1S/C15H17ClN2O/c16-12-5-3-11(4-6-12)10-15(7-8-15)18-14(19)13-2-1-9-17-13/h1-6,13,17H,7-10H2,(H,18,19). The molecule has 1 aromatic rings. The summed E-state index contributed by atoms with van der Waals surface area (Å²) in [4.78, 5) is 12.1. The van der Waals surface area contributed by atoms with Crippen LogP contribution in [-0.2, 0) is 11.2 Å². The fourth-order valence-corrected chi connectivity index (χ4v) is 2.60. The molecule has 1 heterocycles. The first kappa shape index (κ1) is 12.7. The van der Waals surface area contributed by atoms with Gasteiger partial charge in [0.15, 0.2) is 0 Å². The van der Waals surface area contributed by atoms with Gasteiger partial charge in [-0.05, 0) is 37.0 Å². The van der Waals surface area contributed by atoms with Gasteiger partial charge < -0.3 is 5.32 Å². The van der Waals surface area contributed by atoms with Crippen LogP contribution in [0.4, 0.5) is 0 Å². The summed E-state index contributed by atoms with van der Waals surface area (Å²) in [5.41, 5.74) is 1.18. The Kier molecular flexibility index (Phi) is 3.33. The number of nitrogens with one attached hydrogen (secondary N) is 2. The SMILES string of the molecule is O=C(NC1(Cc2ccc(Cl)cc2)CC1)C1C=CCN1. The van der Waals surface area contributed by atoms with Crippen molar-refractivity contribution >= 4 is 17.5 Å². The molecular formula is C15H17ClN2O. The summed E-state index contributed by atoms with van der Waals surface area (Å²) >= 11 is 5.88. The normalized spacial score (nSPS) is 23.3. The zero-order chi connectivity index (χ0) is 13.3. The largest absolute Gasteiger partial charge is 0.349 e. The lowest BCUT2D eigenvalue weighted by Gasteiger charge is -2.20. The van der Waals surface area contributed by atoms with Crippen LogP contribution in [0, 0.1) is 0 Å².